The molecule has 0 saturated carbocycles. The summed E-state index contributed by atoms with van der Waals surface area (Å²) in [5.74, 6) is 0.367. The van der Waals surface area contributed by atoms with E-state index < -0.39 is 28.3 Å². The van der Waals surface area contributed by atoms with Crippen molar-refractivity contribution < 1.29 is 22.3 Å². The minimum Gasteiger partial charge on any atom is -0.494 e. The lowest BCUT2D eigenvalue weighted by molar-refractivity contribution is -0.119. The summed E-state index contributed by atoms with van der Waals surface area (Å²) in [4.78, 5) is 17.1. The fourth-order valence-electron chi connectivity index (χ4n) is 3.74. The molecule has 37 heavy (non-hydrogen) atoms. The Labute approximate surface area is 215 Å². The highest BCUT2D eigenvalue weighted by Crippen LogP contribution is 2.25. The first-order valence-corrected chi connectivity index (χ1v) is 13.1. The number of benzene rings is 3. The van der Waals surface area contributed by atoms with Crippen LogP contribution >= 0.6 is 0 Å². The van der Waals surface area contributed by atoms with Gasteiger partial charge >= 0.3 is 0 Å². The summed E-state index contributed by atoms with van der Waals surface area (Å²) in [6, 6.07) is 18.5. The molecule has 0 spiro atoms. The van der Waals surface area contributed by atoms with Crippen LogP contribution < -0.4 is 14.4 Å². The van der Waals surface area contributed by atoms with E-state index in [1.807, 2.05) is 48.9 Å². The lowest BCUT2D eigenvalue weighted by atomic mass is 10.2. The molecule has 0 aliphatic rings. The van der Waals surface area contributed by atoms with Gasteiger partial charge in [0.05, 0.1) is 17.2 Å². The summed E-state index contributed by atoms with van der Waals surface area (Å²) in [7, 11) is -4.13. The molecule has 0 aliphatic heterocycles. The number of carbonyl (C=O) groups excluding carboxylic acids is 1. The molecule has 1 N–H and O–H groups in total. The van der Waals surface area contributed by atoms with Gasteiger partial charge < -0.3 is 14.6 Å². The summed E-state index contributed by atoms with van der Waals surface area (Å²) in [6.45, 7) is 3.91. The third kappa shape index (κ3) is 6.15. The number of carbonyl (C=O) groups is 1. The maximum atomic E-state index is 13.5. The number of nitrogens with one attached hydrogen (secondary N) is 1. The van der Waals surface area contributed by atoms with Crippen LogP contribution in [-0.4, -0.2) is 37.0 Å². The molecule has 0 saturated heterocycles. The van der Waals surface area contributed by atoms with E-state index in [0.29, 0.717) is 12.4 Å². The maximum Gasteiger partial charge on any atom is 0.264 e. The summed E-state index contributed by atoms with van der Waals surface area (Å²) in [5.41, 5.74) is 1.96. The predicted octanol–water partition coefficient (Wildman–Crippen LogP) is 4.23. The fourth-order valence-corrected chi connectivity index (χ4v) is 5.16. The summed E-state index contributed by atoms with van der Waals surface area (Å²) in [6.07, 6.45) is 3.58. The van der Waals surface area contributed by atoms with Gasteiger partial charge in [-0.25, -0.2) is 17.8 Å². The van der Waals surface area contributed by atoms with Gasteiger partial charge in [0.15, 0.2) is 0 Å². The molecule has 1 heterocycles. The number of amides is 1. The van der Waals surface area contributed by atoms with E-state index in [9.17, 15) is 17.6 Å². The first-order valence-electron chi connectivity index (χ1n) is 11.6. The molecule has 8 nitrogen and oxygen atoms in total. The zero-order valence-electron chi connectivity index (χ0n) is 20.5. The SMILES string of the molecule is CCOc1ccc(S(=O)(=O)N(CC(=O)NCc2ccc(-n3ccnc3C)cc2)c2ccc(F)cc2)cc1. The Balaban J connectivity index is 1.50. The number of ether oxygens (including phenoxy) is 1. The highest BCUT2D eigenvalue weighted by Gasteiger charge is 2.27. The third-order valence-corrected chi connectivity index (χ3v) is 7.44. The summed E-state index contributed by atoms with van der Waals surface area (Å²) in [5, 5.41) is 2.77. The van der Waals surface area contributed by atoms with E-state index in [4.69, 9.17) is 4.74 Å². The van der Waals surface area contributed by atoms with Gasteiger partial charge in [-0.3, -0.25) is 9.10 Å². The van der Waals surface area contributed by atoms with Crippen LogP contribution in [0.4, 0.5) is 10.1 Å². The van der Waals surface area contributed by atoms with Gasteiger partial charge in [-0.1, -0.05) is 12.1 Å². The molecule has 1 aromatic heterocycles. The predicted molar refractivity (Wildman–Crippen MR) is 139 cm³/mol. The van der Waals surface area contributed by atoms with Crippen LogP contribution in [0, 0.1) is 12.7 Å². The lowest BCUT2D eigenvalue weighted by Gasteiger charge is -2.24. The molecule has 0 fully saturated rings. The zero-order valence-corrected chi connectivity index (χ0v) is 21.3. The molecule has 4 aromatic rings. The molecule has 192 valence electrons. The average molecular weight is 523 g/mol. The van der Waals surface area contributed by atoms with Crippen molar-refractivity contribution in [2.75, 3.05) is 17.5 Å². The van der Waals surface area contributed by atoms with Crippen molar-refractivity contribution in [3.8, 4) is 11.4 Å². The number of aromatic nitrogens is 2. The minimum absolute atomic E-state index is 0.0153. The number of rotatable bonds is 10. The van der Waals surface area contributed by atoms with E-state index in [0.717, 1.165) is 33.5 Å². The highest BCUT2D eigenvalue weighted by atomic mass is 32.2. The Morgan fingerprint density at radius 1 is 1.03 bits per heavy atom. The van der Waals surface area contributed by atoms with Crippen molar-refractivity contribution in [2.24, 2.45) is 0 Å². The van der Waals surface area contributed by atoms with Crippen molar-refractivity contribution in [3.63, 3.8) is 0 Å². The monoisotopic (exact) mass is 522 g/mol. The van der Waals surface area contributed by atoms with E-state index in [1.165, 1.54) is 24.3 Å². The molecule has 3 aromatic carbocycles. The smallest absolute Gasteiger partial charge is 0.264 e. The molecule has 1 amide bonds. The Kier molecular flexibility index (Phi) is 7.88. The number of nitrogens with zero attached hydrogens (tertiary/aromatic N) is 3. The first kappa shape index (κ1) is 25.9. The van der Waals surface area contributed by atoms with Crippen LogP contribution in [0.2, 0.25) is 0 Å². The number of anilines is 1. The number of aryl methyl sites for hydroxylation is 1. The maximum absolute atomic E-state index is 13.5. The van der Waals surface area contributed by atoms with Crippen molar-refractivity contribution in [2.45, 2.75) is 25.3 Å². The van der Waals surface area contributed by atoms with Gasteiger partial charge in [-0.05, 0) is 80.1 Å². The molecule has 0 atom stereocenters. The average Bonchev–Trinajstić information content (AvgIpc) is 3.33. The normalized spacial score (nSPS) is 11.2. The van der Waals surface area contributed by atoms with Crippen LogP contribution in [0.5, 0.6) is 5.75 Å². The number of sulfonamides is 1. The number of hydrogen-bond acceptors (Lipinski definition) is 5. The quantitative estimate of drug-likeness (QED) is 0.337. The van der Waals surface area contributed by atoms with Gasteiger partial charge in [0.2, 0.25) is 5.91 Å². The van der Waals surface area contributed by atoms with E-state index in [2.05, 4.69) is 10.3 Å². The van der Waals surface area contributed by atoms with Crippen LogP contribution in [-0.2, 0) is 21.4 Å². The van der Waals surface area contributed by atoms with E-state index in [-0.39, 0.29) is 17.1 Å². The van der Waals surface area contributed by atoms with E-state index >= 15 is 0 Å². The van der Waals surface area contributed by atoms with Crippen LogP contribution in [0.15, 0.2) is 90.1 Å². The Morgan fingerprint density at radius 3 is 2.30 bits per heavy atom. The Hall–Kier alpha value is -4.18. The molecular formula is C27H27FN4O4S. The topological polar surface area (TPSA) is 93.5 Å². The fraction of sp³-hybridized carbons (Fsp3) is 0.185. The van der Waals surface area contributed by atoms with Gasteiger partial charge in [0.1, 0.15) is 23.9 Å². The Bertz CT molecular complexity index is 1450. The number of imidazole rings is 1. The molecule has 0 unspecified atom stereocenters. The summed E-state index contributed by atoms with van der Waals surface area (Å²) >= 11 is 0. The third-order valence-electron chi connectivity index (χ3n) is 5.65. The molecule has 4 rings (SSSR count). The van der Waals surface area contributed by atoms with Gasteiger partial charge in [0, 0.05) is 24.6 Å². The molecule has 0 bridgehead atoms. The van der Waals surface area contributed by atoms with Crippen molar-refractivity contribution in [1.82, 2.24) is 14.9 Å². The van der Waals surface area contributed by atoms with Crippen molar-refractivity contribution >= 4 is 21.6 Å². The Morgan fingerprint density at radius 2 is 1.70 bits per heavy atom. The molecule has 10 heteroatoms. The van der Waals surface area contributed by atoms with Crippen molar-refractivity contribution in [1.29, 1.82) is 0 Å². The largest absolute Gasteiger partial charge is 0.494 e. The van der Waals surface area contributed by atoms with Crippen LogP contribution in [0.1, 0.15) is 18.3 Å². The van der Waals surface area contributed by atoms with Gasteiger partial charge in [0.25, 0.3) is 10.0 Å². The number of hydrogen-bond donors (Lipinski definition) is 1. The second-order valence-electron chi connectivity index (χ2n) is 8.18. The lowest BCUT2D eigenvalue weighted by Crippen LogP contribution is -2.40. The molecule has 0 aliphatic carbocycles. The standard InChI is InChI=1S/C27H27FN4O4S/c1-3-36-25-12-14-26(15-13-25)37(34,35)32(24-10-6-22(28)7-11-24)19-27(33)30-18-21-4-8-23(9-5-21)31-17-16-29-20(31)2/h4-17H,3,18-19H2,1-2H3,(H,30,33). The first-order chi connectivity index (χ1) is 17.8. The minimum atomic E-state index is -4.13. The molecular weight excluding hydrogens is 495 g/mol. The van der Waals surface area contributed by atoms with Gasteiger partial charge in [-0.2, -0.15) is 0 Å². The van der Waals surface area contributed by atoms with Crippen LogP contribution in [0.25, 0.3) is 5.69 Å². The highest BCUT2D eigenvalue weighted by molar-refractivity contribution is 7.92. The second kappa shape index (κ2) is 11.3. The van der Waals surface area contributed by atoms with Crippen molar-refractivity contribution in [3.05, 3.63) is 102 Å². The van der Waals surface area contributed by atoms with Crippen LogP contribution in [0.3, 0.4) is 0 Å². The van der Waals surface area contributed by atoms with E-state index in [1.54, 1.807) is 18.3 Å². The second-order valence-corrected chi connectivity index (χ2v) is 10.0. The van der Waals surface area contributed by atoms with Gasteiger partial charge in [-0.15, -0.1) is 0 Å². The summed E-state index contributed by atoms with van der Waals surface area (Å²) < 4.78 is 48.8. The molecule has 0 radical (unpaired) electrons. The zero-order chi connectivity index (χ0) is 26.4. The number of halogens is 1.